The van der Waals surface area contributed by atoms with Crippen LogP contribution in [0.3, 0.4) is 0 Å². The lowest BCUT2D eigenvalue weighted by atomic mass is 9.74. The highest BCUT2D eigenvalue weighted by molar-refractivity contribution is 6.09. The number of piperidine rings is 1. The molecule has 0 saturated carbocycles. The Morgan fingerprint density at radius 1 is 0.976 bits per heavy atom. The molecule has 6 rings (SSSR count). The van der Waals surface area contributed by atoms with E-state index in [1.54, 1.807) is 0 Å². The minimum Gasteiger partial charge on any atom is -0.381 e. The van der Waals surface area contributed by atoms with Gasteiger partial charge in [-0.15, -0.1) is 0 Å². The number of ketones is 1. The van der Waals surface area contributed by atoms with Gasteiger partial charge in [-0.05, 0) is 109 Å². The van der Waals surface area contributed by atoms with Gasteiger partial charge in [-0.2, -0.15) is 0 Å². The number of anilines is 1. The molecule has 0 atom stereocenters. The smallest absolute Gasteiger partial charge is 0.163 e. The molecule has 3 aliphatic heterocycles. The third-order valence-corrected chi connectivity index (χ3v) is 9.69. The summed E-state index contributed by atoms with van der Waals surface area (Å²) in [6, 6.07) is 11.3. The van der Waals surface area contributed by atoms with Crippen LogP contribution in [-0.4, -0.2) is 77.8 Å². The van der Waals surface area contributed by atoms with Crippen molar-refractivity contribution in [1.82, 2.24) is 19.8 Å². The van der Waals surface area contributed by atoms with Crippen LogP contribution in [0, 0.1) is 5.92 Å². The largest absolute Gasteiger partial charge is 0.381 e. The van der Waals surface area contributed by atoms with E-state index in [-0.39, 0.29) is 16.9 Å². The molecule has 42 heavy (non-hydrogen) atoms. The molecule has 3 saturated heterocycles. The maximum atomic E-state index is 14.0. The lowest BCUT2D eigenvalue weighted by molar-refractivity contribution is 0.0707. The first-order chi connectivity index (χ1) is 20.1. The second-order valence-electron chi connectivity index (χ2n) is 14.3. The van der Waals surface area contributed by atoms with Crippen LogP contribution in [0.2, 0.25) is 0 Å². The van der Waals surface area contributed by atoms with Gasteiger partial charge in [0.05, 0.1) is 0 Å². The number of carbonyl (C=O) groups is 1. The highest BCUT2D eigenvalue weighted by Gasteiger charge is 2.37. The summed E-state index contributed by atoms with van der Waals surface area (Å²) >= 11 is 0. The van der Waals surface area contributed by atoms with Crippen LogP contribution < -0.4 is 10.2 Å². The van der Waals surface area contributed by atoms with E-state index in [1.165, 1.54) is 0 Å². The molecule has 3 aromatic rings. The number of Topliss-reactive ketones (excluding diaryl/α,β-unsaturated/α-hetero) is 1. The Morgan fingerprint density at radius 2 is 1.69 bits per heavy atom. The Morgan fingerprint density at radius 3 is 2.36 bits per heavy atom. The average Bonchev–Trinajstić information content (AvgIpc) is 3.39. The Hall–Kier alpha value is -2.74. The number of hydrogen-bond donors (Lipinski definition) is 1. The van der Waals surface area contributed by atoms with Gasteiger partial charge in [0.15, 0.2) is 5.78 Å². The number of nitrogens with one attached hydrogen (secondary N) is 1. The summed E-state index contributed by atoms with van der Waals surface area (Å²) in [6.45, 7) is 14.8. The van der Waals surface area contributed by atoms with Gasteiger partial charge in [-0.25, -0.2) is 4.98 Å². The molecule has 1 N–H and O–H groups in total. The number of benzene rings is 1. The Bertz CT molecular complexity index is 1380. The van der Waals surface area contributed by atoms with E-state index in [1.807, 2.05) is 6.20 Å². The molecule has 0 unspecified atom stereocenters. The van der Waals surface area contributed by atoms with Crippen LogP contribution in [0.25, 0.3) is 22.0 Å². The zero-order chi connectivity index (χ0) is 29.5. The zero-order valence-corrected chi connectivity index (χ0v) is 26.3. The molecule has 2 aromatic heterocycles. The maximum absolute atomic E-state index is 14.0. The van der Waals surface area contributed by atoms with Crippen molar-refractivity contribution in [2.75, 3.05) is 51.3 Å². The lowest BCUT2D eigenvalue weighted by Gasteiger charge is -2.46. The van der Waals surface area contributed by atoms with Crippen molar-refractivity contribution in [3.63, 3.8) is 0 Å². The summed E-state index contributed by atoms with van der Waals surface area (Å²) in [5.41, 5.74) is 4.31. The predicted molar refractivity (Wildman–Crippen MR) is 172 cm³/mol. The first-order valence-corrected chi connectivity index (χ1v) is 16.0. The summed E-state index contributed by atoms with van der Waals surface area (Å²) in [6.07, 6.45) is 9.90. The second-order valence-corrected chi connectivity index (χ2v) is 14.3. The van der Waals surface area contributed by atoms with Crippen LogP contribution in [0.4, 0.5) is 5.82 Å². The summed E-state index contributed by atoms with van der Waals surface area (Å²) < 4.78 is 8.05. The fourth-order valence-electron chi connectivity index (χ4n) is 7.93. The van der Waals surface area contributed by atoms with Crippen molar-refractivity contribution < 1.29 is 9.53 Å². The average molecular weight is 572 g/mol. The number of fused-ring (bicyclic) bond motifs is 1. The number of aromatic nitrogens is 2. The molecule has 1 aromatic carbocycles. The van der Waals surface area contributed by atoms with E-state index in [2.05, 4.69) is 91.0 Å². The van der Waals surface area contributed by atoms with Gasteiger partial charge in [0.1, 0.15) is 5.82 Å². The fraction of sp³-hybridized carbons (Fsp3) is 0.600. The highest BCUT2D eigenvalue weighted by Crippen LogP contribution is 2.37. The van der Waals surface area contributed by atoms with Crippen LogP contribution in [0.1, 0.15) is 82.6 Å². The molecule has 0 spiro atoms. The normalized spacial score (nSPS) is 22.1. The van der Waals surface area contributed by atoms with Crippen molar-refractivity contribution in [2.45, 2.75) is 83.3 Å². The first kappa shape index (κ1) is 29.3. The first-order valence-electron chi connectivity index (χ1n) is 16.0. The fourth-order valence-corrected chi connectivity index (χ4v) is 7.93. The van der Waals surface area contributed by atoms with Crippen LogP contribution in [-0.2, 0) is 4.74 Å². The van der Waals surface area contributed by atoms with E-state index in [4.69, 9.17) is 9.72 Å². The van der Waals surface area contributed by atoms with E-state index < -0.39 is 0 Å². The van der Waals surface area contributed by atoms with Gasteiger partial charge in [-0.1, -0.05) is 0 Å². The van der Waals surface area contributed by atoms with Gasteiger partial charge in [-0.3, -0.25) is 4.79 Å². The summed E-state index contributed by atoms with van der Waals surface area (Å²) in [4.78, 5) is 23.6. The number of carbonyl (C=O) groups excluding carboxylic acids is 1. The SMILES string of the molecule is CN1CCN(c2ccc(-c3cc(C(=O)CCC4CC(C)(C)NC(C)(C)C4)c4ccn(C5CCOCC5)c4c3)cn2)CC1. The van der Waals surface area contributed by atoms with E-state index >= 15 is 0 Å². The van der Waals surface area contributed by atoms with Crippen molar-refractivity contribution in [1.29, 1.82) is 0 Å². The molecule has 7 heteroatoms. The molecule has 0 bridgehead atoms. The quantitative estimate of drug-likeness (QED) is 0.335. The topological polar surface area (TPSA) is 62.6 Å². The molecular weight excluding hydrogens is 522 g/mol. The van der Waals surface area contributed by atoms with Crippen molar-refractivity contribution in [3.8, 4) is 11.1 Å². The Labute approximate surface area is 251 Å². The molecule has 3 aliphatic rings. The van der Waals surface area contributed by atoms with Gasteiger partial charge in [0.25, 0.3) is 0 Å². The van der Waals surface area contributed by atoms with Crippen molar-refractivity contribution in [2.24, 2.45) is 5.92 Å². The molecule has 3 fully saturated rings. The van der Waals surface area contributed by atoms with E-state index in [0.717, 1.165) is 105 Å². The van der Waals surface area contributed by atoms with Crippen LogP contribution >= 0.6 is 0 Å². The molecule has 0 amide bonds. The number of nitrogens with zero attached hydrogens (tertiary/aromatic N) is 4. The van der Waals surface area contributed by atoms with E-state index in [0.29, 0.717) is 18.4 Å². The van der Waals surface area contributed by atoms with Gasteiger partial charge in [0.2, 0.25) is 0 Å². The highest BCUT2D eigenvalue weighted by atomic mass is 16.5. The van der Waals surface area contributed by atoms with Gasteiger partial charge in [0, 0.05) is 97.4 Å². The lowest BCUT2D eigenvalue weighted by Crippen LogP contribution is -2.57. The number of pyridine rings is 1. The standard InChI is InChI=1S/C35H49N5O2/c1-34(2)22-25(23-35(3,4)37-34)6-8-32(41)30-20-27(21-31-29(30)10-13-40(31)28-11-18-42-19-12-28)26-7-9-33(36-24-26)39-16-14-38(5)15-17-39/h7,9-10,13,20-21,24-25,28,37H,6,8,11-12,14-19,22-23H2,1-5H3. The molecule has 7 nitrogen and oxygen atoms in total. The van der Waals surface area contributed by atoms with Crippen molar-refractivity contribution >= 4 is 22.5 Å². The minimum absolute atomic E-state index is 0.0901. The predicted octanol–water partition coefficient (Wildman–Crippen LogP) is 6.33. The number of likely N-dealkylation sites (N-methyl/N-ethyl adjacent to an activating group) is 1. The van der Waals surface area contributed by atoms with Crippen LogP contribution in [0.5, 0.6) is 0 Å². The summed E-state index contributed by atoms with van der Waals surface area (Å²) in [5, 5.41) is 4.86. The third kappa shape index (κ3) is 6.43. The van der Waals surface area contributed by atoms with Crippen molar-refractivity contribution in [3.05, 3.63) is 48.3 Å². The third-order valence-electron chi connectivity index (χ3n) is 9.69. The van der Waals surface area contributed by atoms with Gasteiger partial charge < -0.3 is 24.4 Å². The van der Waals surface area contributed by atoms with Gasteiger partial charge >= 0.3 is 0 Å². The second kappa shape index (κ2) is 11.7. The summed E-state index contributed by atoms with van der Waals surface area (Å²) in [5.74, 6) is 1.82. The molecule has 5 heterocycles. The van der Waals surface area contributed by atoms with E-state index in [9.17, 15) is 4.79 Å². The molecule has 226 valence electrons. The molecular formula is C35H49N5O2. The Kier molecular flexibility index (Phi) is 8.20. The monoisotopic (exact) mass is 571 g/mol. The minimum atomic E-state index is 0.0901. The number of piperazine rings is 1. The summed E-state index contributed by atoms with van der Waals surface area (Å²) in [7, 11) is 2.17. The molecule has 0 aliphatic carbocycles. The number of ether oxygens (including phenoxy) is 1. The van der Waals surface area contributed by atoms with Crippen LogP contribution in [0.15, 0.2) is 42.7 Å². The molecule has 0 radical (unpaired) electrons. The maximum Gasteiger partial charge on any atom is 0.163 e. The number of hydrogen-bond acceptors (Lipinski definition) is 6. The number of rotatable bonds is 7. The Balaban J connectivity index is 1.29. The zero-order valence-electron chi connectivity index (χ0n) is 26.3.